The van der Waals surface area contributed by atoms with Gasteiger partial charge in [0.15, 0.2) is 0 Å². The minimum Gasteiger partial charge on any atom is -0.496 e. The molecule has 0 saturated heterocycles. The first-order chi connectivity index (χ1) is 14.5. The zero-order valence-corrected chi connectivity index (χ0v) is 17.4. The Labute approximate surface area is 180 Å². The first-order valence-corrected chi connectivity index (χ1v) is 9.60. The molecule has 0 aliphatic heterocycles. The molecule has 152 valence electrons. The third-order valence-corrected chi connectivity index (χ3v) is 4.70. The first-order valence-electron chi connectivity index (χ1n) is 8.81. The van der Waals surface area contributed by atoms with Crippen LogP contribution < -0.4 is 15.5 Å². The lowest BCUT2D eigenvalue weighted by molar-refractivity contribution is 0.0956. The van der Waals surface area contributed by atoms with Crippen molar-refractivity contribution in [3.05, 3.63) is 93.7 Å². The standard InChI is InChI=1S/C22H17BrFN3O3/c1-30-20-11-6-14(12-18(20)23)13-25-27-22(29)17-4-2-3-5-19(17)26-21(28)15-7-9-16(24)10-8-15/h2-13H,1H3,(H,26,28)(H,27,29)/b25-13+. The van der Waals surface area contributed by atoms with E-state index in [-0.39, 0.29) is 11.1 Å². The van der Waals surface area contributed by atoms with Crippen LogP contribution in [0.2, 0.25) is 0 Å². The van der Waals surface area contributed by atoms with Gasteiger partial charge in [0.1, 0.15) is 11.6 Å². The van der Waals surface area contributed by atoms with E-state index in [0.29, 0.717) is 11.4 Å². The molecule has 2 N–H and O–H groups in total. The number of benzene rings is 3. The number of para-hydroxylation sites is 1. The highest BCUT2D eigenvalue weighted by Gasteiger charge is 2.14. The molecule has 0 spiro atoms. The van der Waals surface area contributed by atoms with Crippen LogP contribution >= 0.6 is 15.9 Å². The number of hydrogen-bond donors (Lipinski definition) is 2. The summed E-state index contributed by atoms with van der Waals surface area (Å²) in [6.07, 6.45) is 1.49. The number of hydrazone groups is 1. The highest BCUT2D eigenvalue weighted by Crippen LogP contribution is 2.24. The lowest BCUT2D eigenvalue weighted by atomic mass is 10.1. The van der Waals surface area contributed by atoms with Gasteiger partial charge in [0.05, 0.1) is 29.0 Å². The maximum atomic E-state index is 13.0. The average molecular weight is 470 g/mol. The molecule has 0 aromatic heterocycles. The number of methoxy groups -OCH3 is 1. The number of carbonyl (C=O) groups is 2. The van der Waals surface area contributed by atoms with E-state index in [1.165, 1.54) is 30.5 Å². The van der Waals surface area contributed by atoms with Crippen LogP contribution in [0.5, 0.6) is 5.75 Å². The number of halogens is 2. The molecular weight excluding hydrogens is 453 g/mol. The van der Waals surface area contributed by atoms with Gasteiger partial charge in [0.25, 0.3) is 11.8 Å². The van der Waals surface area contributed by atoms with E-state index >= 15 is 0 Å². The van der Waals surface area contributed by atoms with Crippen molar-refractivity contribution in [2.24, 2.45) is 5.10 Å². The van der Waals surface area contributed by atoms with Crippen LogP contribution in [-0.2, 0) is 0 Å². The second kappa shape index (κ2) is 9.80. The van der Waals surface area contributed by atoms with Crippen molar-refractivity contribution in [3.8, 4) is 5.75 Å². The van der Waals surface area contributed by atoms with Crippen LogP contribution in [-0.4, -0.2) is 25.1 Å². The molecular formula is C22H17BrFN3O3. The van der Waals surface area contributed by atoms with E-state index in [1.54, 1.807) is 49.6 Å². The molecule has 0 aliphatic rings. The van der Waals surface area contributed by atoms with Gasteiger partial charge < -0.3 is 10.1 Å². The van der Waals surface area contributed by atoms with Crippen molar-refractivity contribution in [1.29, 1.82) is 0 Å². The van der Waals surface area contributed by atoms with E-state index in [4.69, 9.17) is 4.74 Å². The van der Waals surface area contributed by atoms with Gasteiger partial charge in [-0.15, -0.1) is 0 Å². The summed E-state index contributed by atoms with van der Waals surface area (Å²) in [6.45, 7) is 0. The molecule has 0 fully saturated rings. The predicted molar refractivity (Wildman–Crippen MR) is 117 cm³/mol. The molecule has 0 radical (unpaired) electrons. The minimum absolute atomic E-state index is 0.237. The number of rotatable bonds is 6. The van der Waals surface area contributed by atoms with Gasteiger partial charge in [-0.2, -0.15) is 5.10 Å². The Hall–Kier alpha value is -3.52. The van der Waals surface area contributed by atoms with E-state index < -0.39 is 17.6 Å². The smallest absolute Gasteiger partial charge is 0.273 e. The van der Waals surface area contributed by atoms with Gasteiger partial charge in [-0.05, 0) is 76.1 Å². The Morgan fingerprint density at radius 2 is 1.77 bits per heavy atom. The van der Waals surface area contributed by atoms with E-state index in [2.05, 4.69) is 31.8 Å². The third-order valence-electron chi connectivity index (χ3n) is 4.08. The zero-order valence-electron chi connectivity index (χ0n) is 15.9. The van der Waals surface area contributed by atoms with Crippen molar-refractivity contribution in [2.75, 3.05) is 12.4 Å². The summed E-state index contributed by atoms with van der Waals surface area (Å²) in [4.78, 5) is 24.9. The first kappa shape index (κ1) is 21.2. The SMILES string of the molecule is COc1ccc(/C=N/NC(=O)c2ccccc2NC(=O)c2ccc(F)cc2)cc1Br. The monoisotopic (exact) mass is 469 g/mol. The van der Waals surface area contributed by atoms with Crippen LogP contribution in [0.3, 0.4) is 0 Å². The summed E-state index contributed by atoms with van der Waals surface area (Å²) in [5, 5.41) is 6.62. The molecule has 2 amide bonds. The lowest BCUT2D eigenvalue weighted by Crippen LogP contribution is -2.21. The van der Waals surface area contributed by atoms with Crippen molar-refractivity contribution < 1.29 is 18.7 Å². The molecule has 8 heteroatoms. The predicted octanol–water partition coefficient (Wildman–Crippen LogP) is 4.61. The average Bonchev–Trinajstić information content (AvgIpc) is 2.74. The fourth-order valence-electron chi connectivity index (χ4n) is 2.57. The summed E-state index contributed by atoms with van der Waals surface area (Å²) >= 11 is 3.39. The summed E-state index contributed by atoms with van der Waals surface area (Å²) in [5.74, 6) is -0.703. The molecule has 0 aliphatic carbocycles. The Balaban J connectivity index is 1.70. The van der Waals surface area contributed by atoms with Crippen molar-refractivity contribution >= 4 is 39.6 Å². The van der Waals surface area contributed by atoms with Gasteiger partial charge in [-0.1, -0.05) is 12.1 Å². The summed E-state index contributed by atoms with van der Waals surface area (Å²) < 4.78 is 19.0. The maximum Gasteiger partial charge on any atom is 0.273 e. The fraction of sp³-hybridized carbons (Fsp3) is 0.0455. The number of ether oxygens (including phenoxy) is 1. The Bertz CT molecular complexity index is 1100. The zero-order chi connectivity index (χ0) is 21.5. The molecule has 0 bridgehead atoms. The highest BCUT2D eigenvalue weighted by atomic mass is 79.9. The topological polar surface area (TPSA) is 79.8 Å². The fourth-order valence-corrected chi connectivity index (χ4v) is 3.13. The van der Waals surface area contributed by atoms with Gasteiger partial charge in [0.2, 0.25) is 0 Å². The Morgan fingerprint density at radius 1 is 1.03 bits per heavy atom. The molecule has 0 unspecified atom stereocenters. The number of nitrogens with one attached hydrogen (secondary N) is 2. The molecule has 30 heavy (non-hydrogen) atoms. The van der Waals surface area contributed by atoms with Crippen LogP contribution in [0, 0.1) is 5.82 Å². The number of carbonyl (C=O) groups excluding carboxylic acids is 2. The summed E-state index contributed by atoms with van der Waals surface area (Å²) in [6, 6.07) is 17.0. The van der Waals surface area contributed by atoms with Gasteiger partial charge in [0, 0.05) is 5.56 Å². The number of amides is 2. The highest BCUT2D eigenvalue weighted by molar-refractivity contribution is 9.10. The molecule has 0 atom stereocenters. The molecule has 6 nitrogen and oxygen atoms in total. The second-order valence-corrected chi connectivity index (χ2v) is 6.95. The largest absolute Gasteiger partial charge is 0.496 e. The van der Waals surface area contributed by atoms with Crippen LogP contribution in [0.1, 0.15) is 26.3 Å². The summed E-state index contributed by atoms with van der Waals surface area (Å²) in [5.41, 5.74) is 4.01. The van der Waals surface area contributed by atoms with Gasteiger partial charge >= 0.3 is 0 Å². The van der Waals surface area contributed by atoms with Crippen molar-refractivity contribution in [3.63, 3.8) is 0 Å². The number of hydrogen-bond acceptors (Lipinski definition) is 4. The molecule has 0 saturated carbocycles. The normalized spacial score (nSPS) is 10.6. The second-order valence-electron chi connectivity index (χ2n) is 6.10. The molecule has 3 aromatic carbocycles. The quantitative estimate of drug-likeness (QED) is 0.408. The number of nitrogens with zero attached hydrogens (tertiary/aromatic N) is 1. The van der Waals surface area contributed by atoms with Gasteiger partial charge in [-0.25, -0.2) is 9.82 Å². The van der Waals surface area contributed by atoms with Crippen molar-refractivity contribution in [1.82, 2.24) is 5.43 Å². The molecule has 0 heterocycles. The molecule has 3 aromatic rings. The van der Waals surface area contributed by atoms with Crippen LogP contribution in [0.4, 0.5) is 10.1 Å². The Morgan fingerprint density at radius 3 is 2.47 bits per heavy atom. The third kappa shape index (κ3) is 5.30. The Kier molecular flexibility index (Phi) is 6.92. The maximum absolute atomic E-state index is 13.0. The molecule has 3 rings (SSSR count). The lowest BCUT2D eigenvalue weighted by Gasteiger charge is -2.10. The van der Waals surface area contributed by atoms with Crippen molar-refractivity contribution in [2.45, 2.75) is 0 Å². The van der Waals surface area contributed by atoms with E-state index in [9.17, 15) is 14.0 Å². The van der Waals surface area contributed by atoms with E-state index in [0.717, 1.165) is 10.0 Å². The van der Waals surface area contributed by atoms with Gasteiger partial charge in [-0.3, -0.25) is 9.59 Å². The van der Waals surface area contributed by atoms with Crippen LogP contribution in [0.25, 0.3) is 0 Å². The van der Waals surface area contributed by atoms with E-state index in [1.807, 2.05) is 0 Å². The number of anilines is 1. The summed E-state index contributed by atoms with van der Waals surface area (Å²) in [7, 11) is 1.57. The van der Waals surface area contributed by atoms with Crippen LogP contribution in [0.15, 0.2) is 76.3 Å². The minimum atomic E-state index is -0.492.